The monoisotopic (exact) mass is 543 g/mol. The first kappa shape index (κ1) is 23.3. The fourth-order valence-corrected chi connectivity index (χ4v) is 8.59. The predicted molar refractivity (Wildman–Crippen MR) is 176 cm³/mol. The van der Waals surface area contributed by atoms with Crippen LogP contribution in [0.25, 0.3) is 60.9 Å². The average molecular weight is 544 g/mol. The molecule has 1 nitrogen and oxygen atoms in total. The Labute approximate surface area is 243 Å². The van der Waals surface area contributed by atoms with Gasteiger partial charge in [-0.2, -0.15) is 0 Å². The van der Waals surface area contributed by atoms with Crippen molar-refractivity contribution < 1.29 is 0 Å². The van der Waals surface area contributed by atoms with Gasteiger partial charge in [-0.1, -0.05) is 105 Å². The zero-order valence-corrected chi connectivity index (χ0v) is 24.0. The van der Waals surface area contributed by atoms with Crippen LogP contribution in [-0.4, -0.2) is 4.57 Å². The molecule has 0 saturated heterocycles. The molecule has 1 atom stereocenters. The SMILES string of the molecule is CC1(C)c2ccccc2-c2ccc(C3C=c4c(sc5ccc(-n6c7ccccc7c7ccccc76)cc45)=CC3)cc21. The van der Waals surface area contributed by atoms with E-state index in [1.807, 2.05) is 11.3 Å². The molecular formula is C39H29NS. The van der Waals surface area contributed by atoms with Crippen LogP contribution in [0.1, 0.15) is 42.9 Å². The zero-order chi connectivity index (χ0) is 27.3. The fourth-order valence-electron chi connectivity index (χ4n) is 7.48. The van der Waals surface area contributed by atoms with E-state index in [1.165, 1.54) is 75.1 Å². The van der Waals surface area contributed by atoms with E-state index in [-0.39, 0.29) is 5.41 Å². The van der Waals surface area contributed by atoms with Gasteiger partial charge in [-0.25, -0.2) is 0 Å². The normalized spacial score (nSPS) is 16.8. The van der Waals surface area contributed by atoms with Crippen LogP contribution in [0.2, 0.25) is 0 Å². The number of hydrogen-bond acceptors (Lipinski definition) is 1. The van der Waals surface area contributed by atoms with Gasteiger partial charge in [0, 0.05) is 42.4 Å². The second-order valence-corrected chi connectivity index (χ2v) is 13.2. The van der Waals surface area contributed by atoms with Gasteiger partial charge in [-0.15, -0.1) is 11.3 Å². The summed E-state index contributed by atoms with van der Waals surface area (Å²) in [6.45, 7) is 4.75. The number of rotatable bonds is 2. The molecule has 0 N–H and O–H groups in total. The molecule has 0 saturated carbocycles. The van der Waals surface area contributed by atoms with Crippen LogP contribution in [0, 0.1) is 0 Å². The van der Waals surface area contributed by atoms with Crippen molar-refractivity contribution in [3.05, 3.63) is 136 Å². The molecule has 7 aromatic rings. The lowest BCUT2D eigenvalue weighted by Crippen LogP contribution is -2.24. The van der Waals surface area contributed by atoms with E-state index in [0.717, 1.165) is 6.42 Å². The summed E-state index contributed by atoms with van der Waals surface area (Å²) in [5.41, 5.74) is 10.9. The van der Waals surface area contributed by atoms with Crippen molar-refractivity contribution in [2.24, 2.45) is 0 Å². The van der Waals surface area contributed by atoms with Gasteiger partial charge in [0.25, 0.3) is 0 Å². The standard InChI is InChI=1S/C39H29NS/c1-39(2)33-12-6-3-9-27(33)28-18-15-25(22-34(28)39)24-16-19-37-31(21-24)32-23-26(17-20-38(32)41-37)40-35-13-7-4-10-29(35)30-11-5-8-14-36(30)40/h3-15,17-24H,16H2,1-2H3. The van der Waals surface area contributed by atoms with Crippen molar-refractivity contribution in [1.82, 2.24) is 4.57 Å². The van der Waals surface area contributed by atoms with Crippen LogP contribution in [0.15, 0.2) is 109 Å². The Balaban J connectivity index is 1.20. The second-order valence-electron chi connectivity index (χ2n) is 12.1. The Morgan fingerprint density at radius 2 is 1.39 bits per heavy atom. The van der Waals surface area contributed by atoms with E-state index in [4.69, 9.17) is 0 Å². The molecule has 0 spiro atoms. The largest absolute Gasteiger partial charge is 0.309 e. The molecule has 0 amide bonds. The van der Waals surface area contributed by atoms with Crippen molar-refractivity contribution in [3.63, 3.8) is 0 Å². The first-order chi connectivity index (χ1) is 20.1. The van der Waals surface area contributed by atoms with Crippen LogP contribution in [0.5, 0.6) is 0 Å². The Hall–Kier alpha value is -4.40. The third-order valence-electron chi connectivity index (χ3n) is 9.54. The molecule has 0 aliphatic heterocycles. The number of hydrogen-bond donors (Lipinski definition) is 0. The zero-order valence-electron chi connectivity index (χ0n) is 23.2. The van der Waals surface area contributed by atoms with Gasteiger partial charge in [0.1, 0.15) is 0 Å². The van der Waals surface area contributed by atoms with E-state index >= 15 is 0 Å². The van der Waals surface area contributed by atoms with Crippen LogP contribution >= 0.6 is 11.3 Å². The van der Waals surface area contributed by atoms with E-state index in [2.05, 4.69) is 140 Å². The third-order valence-corrected chi connectivity index (χ3v) is 10.7. The lowest BCUT2D eigenvalue weighted by molar-refractivity contribution is 0.658. The second kappa shape index (κ2) is 8.31. The van der Waals surface area contributed by atoms with Gasteiger partial charge in [-0.3, -0.25) is 0 Å². The molecule has 0 bridgehead atoms. The lowest BCUT2D eigenvalue weighted by Gasteiger charge is -2.23. The van der Waals surface area contributed by atoms with E-state index in [9.17, 15) is 0 Å². The van der Waals surface area contributed by atoms with Gasteiger partial charge in [0.2, 0.25) is 0 Å². The Bertz CT molecular complexity index is 2270. The summed E-state index contributed by atoms with van der Waals surface area (Å²) < 4.78 is 5.20. The van der Waals surface area contributed by atoms with E-state index in [1.54, 1.807) is 0 Å². The molecule has 2 aliphatic carbocycles. The summed E-state index contributed by atoms with van der Waals surface area (Å²) in [6.07, 6.45) is 6.06. The summed E-state index contributed by atoms with van der Waals surface area (Å²) in [6, 6.07) is 40.7. The highest BCUT2D eigenvalue weighted by atomic mass is 32.1. The smallest absolute Gasteiger partial charge is 0.0541 e. The van der Waals surface area contributed by atoms with Gasteiger partial charge in [0.15, 0.2) is 0 Å². The fraction of sp³-hybridized carbons (Fsp3) is 0.128. The molecule has 2 aliphatic rings. The first-order valence-electron chi connectivity index (χ1n) is 14.6. The van der Waals surface area contributed by atoms with Gasteiger partial charge >= 0.3 is 0 Å². The molecule has 41 heavy (non-hydrogen) atoms. The highest BCUT2D eigenvalue weighted by molar-refractivity contribution is 7.17. The maximum Gasteiger partial charge on any atom is 0.0541 e. The summed E-state index contributed by atoms with van der Waals surface area (Å²) in [5, 5.41) is 5.36. The summed E-state index contributed by atoms with van der Waals surface area (Å²) in [5.74, 6) is 0.377. The molecule has 9 rings (SSSR count). The number of fused-ring (bicyclic) bond motifs is 9. The van der Waals surface area contributed by atoms with Crippen molar-refractivity contribution >= 4 is 55.4 Å². The molecule has 196 valence electrons. The van der Waals surface area contributed by atoms with Gasteiger partial charge in [0.05, 0.1) is 11.0 Å². The van der Waals surface area contributed by atoms with Crippen molar-refractivity contribution in [2.75, 3.05) is 0 Å². The Morgan fingerprint density at radius 3 is 2.20 bits per heavy atom. The van der Waals surface area contributed by atoms with Gasteiger partial charge in [-0.05, 0) is 69.8 Å². The summed E-state index contributed by atoms with van der Waals surface area (Å²) >= 11 is 1.93. The third kappa shape index (κ3) is 3.23. The summed E-state index contributed by atoms with van der Waals surface area (Å²) in [4.78, 5) is 0. The minimum atomic E-state index is 0.0256. The maximum absolute atomic E-state index is 2.54. The Kier molecular flexibility index (Phi) is 4.73. The van der Waals surface area contributed by atoms with Crippen molar-refractivity contribution in [3.8, 4) is 16.8 Å². The average Bonchev–Trinajstić information content (AvgIpc) is 3.62. The highest BCUT2D eigenvalue weighted by Crippen LogP contribution is 2.49. The number of benzene rings is 5. The first-order valence-corrected chi connectivity index (χ1v) is 15.4. The molecular weight excluding hydrogens is 515 g/mol. The Morgan fingerprint density at radius 1 is 0.683 bits per heavy atom. The molecule has 2 heteroatoms. The minimum Gasteiger partial charge on any atom is -0.309 e. The van der Waals surface area contributed by atoms with E-state index < -0.39 is 0 Å². The molecule has 1 unspecified atom stereocenters. The minimum absolute atomic E-state index is 0.0256. The molecule has 0 fully saturated rings. The van der Waals surface area contributed by atoms with Gasteiger partial charge < -0.3 is 4.57 Å². The lowest BCUT2D eigenvalue weighted by atomic mass is 9.80. The quantitative estimate of drug-likeness (QED) is 0.205. The predicted octanol–water partition coefficient (Wildman–Crippen LogP) is 9.05. The van der Waals surface area contributed by atoms with Crippen LogP contribution in [0.4, 0.5) is 0 Å². The highest BCUT2D eigenvalue weighted by Gasteiger charge is 2.35. The molecule has 2 aromatic heterocycles. The van der Waals surface area contributed by atoms with Crippen LogP contribution < -0.4 is 9.75 Å². The van der Waals surface area contributed by atoms with Crippen LogP contribution in [0.3, 0.4) is 0 Å². The number of aromatic nitrogens is 1. The van der Waals surface area contributed by atoms with E-state index in [0.29, 0.717) is 5.92 Å². The van der Waals surface area contributed by atoms with Crippen LogP contribution in [-0.2, 0) is 5.41 Å². The number of nitrogens with zero attached hydrogens (tertiary/aromatic N) is 1. The number of thiophene rings is 1. The summed E-state index contributed by atoms with van der Waals surface area (Å²) in [7, 11) is 0. The molecule has 2 heterocycles. The molecule has 0 radical (unpaired) electrons. The maximum atomic E-state index is 2.54. The number of para-hydroxylation sites is 2. The molecule has 5 aromatic carbocycles. The van der Waals surface area contributed by atoms with Crippen molar-refractivity contribution in [2.45, 2.75) is 31.6 Å². The van der Waals surface area contributed by atoms with Crippen molar-refractivity contribution in [1.29, 1.82) is 0 Å². The topological polar surface area (TPSA) is 4.93 Å².